The molecule has 2 N–H and O–H groups in total. The number of benzene rings is 1. The maximum absolute atomic E-state index is 12.6. The highest BCUT2D eigenvalue weighted by atomic mass is 16.3. The van der Waals surface area contributed by atoms with Crippen LogP contribution in [0.2, 0.25) is 0 Å². The number of nitrogens with two attached hydrogens (primary N) is 1. The zero-order valence-corrected chi connectivity index (χ0v) is 12.1. The van der Waals surface area contributed by atoms with Crippen molar-refractivity contribution in [3.05, 3.63) is 36.1 Å². The molecule has 1 heterocycles. The average Bonchev–Trinajstić information content (AvgIpc) is 2.90. The molecule has 2 aromatic rings. The Morgan fingerprint density at radius 3 is 2.60 bits per heavy atom. The molecule has 1 aromatic heterocycles. The predicted octanol–water partition coefficient (Wildman–Crippen LogP) is 3.02. The van der Waals surface area contributed by atoms with Crippen molar-refractivity contribution in [2.45, 2.75) is 32.7 Å². The molecule has 0 atom stereocenters. The summed E-state index contributed by atoms with van der Waals surface area (Å²) in [6, 6.07) is 9.67. The van der Waals surface area contributed by atoms with E-state index in [2.05, 4.69) is 13.8 Å². The summed E-state index contributed by atoms with van der Waals surface area (Å²) in [7, 11) is 0. The van der Waals surface area contributed by atoms with Crippen molar-refractivity contribution in [2.75, 3.05) is 13.1 Å². The van der Waals surface area contributed by atoms with Gasteiger partial charge in [-0.2, -0.15) is 0 Å². The van der Waals surface area contributed by atoms with Crippen molar-refractivity contribution in [1.82, 2.24) is 4.90 Å². The first-order chi connectivity index (χ1) is 9.71. The van der Waals surface area contributed by atoms with Crippen LogP contribution in [0.3, 0.4) is 0 Å². The van der Waals surface area contributed by atoms with Gasteiger partial charge in [0.1, 0.15) is 5.58 Å². The molecule has 2 rings (SSSR count). The van der Waals surface area contributed by atoms with Gasteiger partial charge in [-0.15, -0.1) is 0 Å². The van der Waals surface area contributed by atoms with E-state index >= 15 is 0 Å². The Kier molecular flexibility index (Phi) is 4.79. The van der Waals surface area contributed by atoms with E-state index in [1.807, 2.05) is 35.2 Å². The molecule has 0 aliphatic heterocycles. The van der Waals surface area contributed by atoms with Crippen LogP contribution in [0, 0.1) is 0 Å². The van der Waals surface area contributed by atoms with Crippen LogP contribution in [0.4, 0.5) is 0 Å². The lowest BCUT2D eigenvalue weighted by Crippen LogP contribution is -2.42. The van der Waals surface area contributed by atoms with Crippen molar-refractivity contribution in [3.8, 4) is 0 Å². The van der Waals surface area contributed by atoms with Crippen LogP contribution in [0.15, 0.2) is 34.7 Å². The molecule has 0 saturated carbocycles. The summed E-state index contributed by atoms with van der Waals surface area (Å²) in [5, 5.41) is 0.952. The van der Waals surface area contributed by atoms with Crippen LogP contribution < -0.4 is 5.73 Å². The summed E-state index contributed by atoms with van der Waals surface area (Å²) in [6.07, 6.45) is 1.84. The Balaban J connectivity index is 2.30. The van der Waals surface area contributed by atoms with Crippen LogP contribution in [-0.4, -0.2) is 29.9 Å². The molecule has 0 bridgehead atoms. The summed E-state index contributed by atoms with van der Waals surface area (Å²) in [6.45, 7) is 5.19. The predicted molar refractivity (Wildman–Crippen MR) is 80.7 cm³/mol. The van der Waals surface area contributed by atoms with Gasteiger partial charge in [0.25, 0.3) is 5.91 Å². The summed E-state index contributed by atoms with van der Waals surface area (Å²) in [5.74, 6) is 0.326. The Bertz CT molecular complexity index is 540. The molecule has 1 amide bonds. The molecule has 1 aromatic carbocycles. The number of amides is 1. The minimum atomic E-state index is -0.0691. The van der Waals surface area contributed by atoms with Crippen molar-refractivity contribution in [1.29, 1.82) is 0 Å². The van der Waals surface area contributed by atoms with Gasteiger partial charge < -0.3 is 15.1 Å². The van der Waals surface area contributed by atoms with E-state index in [9.17, 15) is 4.79 Å². The third-order valence-corrected chi connectivity index (χ3v) is 3.65. The van der Waals surface area contributed by atoms with E-state index in [4.69, 9.17) is 10.2 Å². The molecule has 20 heavy (non-hydrogen) atoms. The lowest BCUT2D eigenvalue weighted by atomic mass is 10.1. The SMILES string of the molecule is CCC(CC)N(CCN)C(=O)c1cc2ccccc2o1. The Morgan fingerprint density at radius 2 is 2.00 bits per heavy atom. The second kappa shape index (κ2) is 6.57. The minimum absolute atomic E-state index is 0.0691. The van der Waals surface area contributed by atoms with Crippen molar-refractivity contribution < 1.29 is 9.21 Å². The highest BCUT2D eigenvalue weighted by Gasteiger charge is 2.24. The van der Waals surface area contributed by atoms with Crippen LogP contribution in [0.5, 0.6) is 0 Å². The van der Waals surface area contributed by atoms with Crippen LogP contribution in [0.1, 0.15) is 37.2 Å². The highest BCUT2D eigenvalue weighted by molar-refractivity contribution is 5.96. The van der Waals surface area contributed by atoms with E-state index in [1.54, 1.807) is 0 Å². The Labute approximate surface area is 119 Å². The lowest BCUT2D eigenvalue weighted by Gasteiger charge is -2.29. The number of rotatable bonds is 6. The van der Waals surface area contributed by atoms with Gasteiger partial charge in [-0.25, -0.2) is 0 Å². The normalized spacial score (nSPS) is 11.2. The maximum atomic E-state index is 12.6. The minimum Gasteiger partial charge on any atom is -0.451 e. The molecule has 0 spiro atoms. The second-order valence-electron chi connectivity index (χ2n) is 4.91. The fraction of sp³-hybridized carbons (Fsp3) is 0.438. The van der Waals surface area contributed by atoms with Gasteiger partial charge >= 0.3 is 0 Å². The van der Waals surface area contributed by atoms with Crippen molar-refractivity contribution in [3.63, 3.8) is 0 Å². The molecule has 108 valence electrons. The summed E-state index contributed by atoms with van der Waals surface area (Å²) < 4.78 is 5.66. The lowest BCUT2D eigenvalue weighted by molar-refractivity contribution is 0.0644. The molecule has 0 aliphatic rings. The Hall–Kier alpha value is -1.81. The van der Waals surface area contributed by atoms with Gasteiger partial charge in [0.15, 0.2) is 5.76 Å². The first kappa shape index (κ1) is 14.6. The standard InChI is InChI=1S/C16H22N2O2/c1-3-13(4-2)18(10-9-17)16(19)15-11-12-7-5-6-8-14(12)20-15/h5-8,11,13H,3-4,9-10,17H2,1-2H3. The van der Waals surface area contributed by atoms with Crippen LogP contribution in [-0.2, 0) is 0 Å². The highest BCUT2D eigenvalue weighted by Crippen LogP contribution is 2.21. The third kappa shape index (κ3) is 2.85. The van der Waals surface area contributed by atoms with E-state index < -0.39 is 0 Å². The Morgan fingerprint density at radius 1 is 1.30 bits per heavy atom. The second-order valence-corrected chi connectivity index (χ2v) is 4.91. The van der Waals surface area contributed by atoms with Gasteiger partial charge in [-0.1, -0.05) is 32.0 Å². The molecule has 0 radical (unpaired) electrons. The van der Waals surface area contributed by atoms with Gasteiger partial charge in [0.05, 0.1) is 0 Å². The zero-order valence-electron chi connectivity index (χ0n) is 12.1. The van der Waals surface area contributed by atoms with E-state index in [1.165, 1.54) is 0 Å². The number of hydrogen-bond donors (Lipinski definition) is 1. The van der Waals surface area contributed by atoms with E-state index in [-0.39, 0.29) is 11.9 Å². The van der Waals surface area contributed by atoms with Gasteiger partial charge in [0, 0.05) is 24.5 Å². The molecule has 0 saturated heterocycles. The molecule has 0 aliphatic carbocycles. The van der Waals surface area contributed by atoms with Gasteiger partial charge in [-0.3, -0.25) is 4.79 Å². The molecule has 4 heteroatoms. The van der Waals surface area contributed by atoms with E-state index in [0.717, 1.165) is 23.8 Å². The molecular weight excluding hydrogens is 252 g/mol. The molecule has 4 nitrogen and oxygen atoms in total. The quantitative estimate of drug-likeness (QED) is 0.880. The van der Waals surface area contributed by atoms with E-state index in [0.29, 0.717) is 18.8 Å². The molecule has 0 fully saturated rings. The number of nitrogens with zero attached hydrogens (tertiary/aromatic N) is 1. The smallest absolute Gasteiger partial charge is 0.289 e. The summed E-state index contributed by atoms with van der Waals surface area (Å²) >= 11 is 0. The monoisotopic (exact) mass is 274 g/mol. The topological polar surface area (TPSA) is 59.5 Å². The largest absolute Gasteiger partial charge is 0.451 e. The van der Waals surface area contributed by atoms with Crippen LogP contribution >= 0.6 is 0 Å². The maximum Gasteiger partial charge on any atom is 0.289 e. The number of para-hydroxylation sites is 1. The number of carbonyl (C=O) groups is 1. The molecule has 0 unspecified atom stereocenters. The summed E-state index contributed by atoms with van der Waals surface area (Å²) in [5.41, 5.74) is 6.39. The zero-order chi connectivity index (χ0) is 14.5. The molecular formula is C16H22N2O2. The third-order valence-electron chi connectivity index (χ3n) is 3.65. The number of furan rings is 1. The summed E-state index contributed by atoms with van der Waals surface area (Å²) in [4.78, 5) is 14.5. The van der Waals surface area contributed by atoms with Crippen LogP contribution in [0.25, 0.3) is 11.0 Å². The van der Waals surface area contributed by atoms with Crippen molar-refractivity contribution >= 4 is 16.9 Å². The van der Waals surface area contributed by atoms with Gasteiger partial charge in [-0.05, 0) is 25.0 Å². The van der Waals surface area contributed by atoms with Gasteiger partial charge in [0.2, 0.25) is 0 Å². The average molecular weight is 274 g/mol. The fourth-order valence-corrected chi connectivity index (χ4v) is 2.55. The number of carbonyl (C=O) groups excluding carboxylic acids is 1. The fourth-order valence-electron chi connectivity index (χ4n) is 2.55. The first-order valence-corrected chi connectivity index (χ1v) is 7.20. The first-order valence-electron chi connectivity index (χ1n) is 7.20. The number of fused-ring (bicyclic) bond motifs is 1. The number of hydrogen-bond acceptors (Lipinski definition) is 3. The van der Waals surface area contributed by atoms with Crippen molar-refractivity contribution in [2.24, 2.45) is 5.73 Å².